The highest BCUT2D eigenvalue weighted by Crippen LogP contribution is 2.27. The Morgan fingerprint density at radius 1 is 1.28 bits per heavy atom. The lowest BCUT2D eigenvalue weighted by atomic mass is 10.0. The van der Waals surface area contributed by atoms with E-state index in [9.17, 15) is 5.26 Å². The zero-order valence-electron chi connectivity index (χ0n) is 11.7. The average Bonchev–Trinajstić information content (AvgIpc) is 2.36. The molecule has 0 aliphatic heterocycles. The number of hydrogen-bond donors (Lipinski definition) is 1. The summed E-state index contributed by atoms with van der Waals surface area (Å²) in [5.74, 6) is 0.724. The first-order valence-corrected chi connectivity index (χ1v) is 7.64. The van der Waals surface area contributed by atoms with Gasteiger partial charge in [0.2, 0.25) is 0 Å². The molecule has 0 heterocycles. The lowest BCUT2D eigenvalue weighted by Gasteiger charge is -2.18. The van der Waals surface area contributed by atoms with Crippen molar-refractivity contribution in [2.45, 2.75) is 44.6 Å². The molecule has 1 aromatic carbocycles. The number of anilines is 1. The second-order valence-corrected chi connectivity index (χ2v) is 5.86. The van der Waals surface area contributed by atoms with E-state index in [1.54, 1.807) is 11.8 Å². The Morgan fingerprint density at radius 3 is 2.56 bits per heavy atom. The van der Waals surface area contributed by atoms with Crippen LogP contribution in [0.15, 0.2) is 23.1 Å². The van der Waals surface area contributed by atoms with E-state index in [1.165, 1.54) is 6.42 Å². The molecular weight excluding hydrogens is 240 g/mol. The zero-order chi connectivity index (χ0) is 13.5. The Bertz CT molecular complexity index is 421. The minimum atomic E-state index is 0.400. The van der Waals surface area contributed by atoms with Crippen molar-refractivity contribution in [1.29, 1.82) is 5.26 Å². The summed E-state index contributed by atoms with van der Waals surface area (Å²) in [7, 11) is 0. The maximum atomic E-state index is 9.26. The van der Waals surface area contributed by atoms with Crippen molar-refractivity contribution >= 4 is 17.4 Å². The molecule has 2 nitrogen and oxygen atoms in total. The SMILES string of the molecule is CSc1cccc(NC(C)CCC(C)C)c1C#N. The van der Waals surface area contributed by atoms with Crippen LogP contribution in [0.2, 0.25) is 0 Å². The van der Waals surface area contributed by atoms with Crippen molar-refractivity contribution < 1.29 is 0 Å². The standard InChI is InChI=1S/C15H22N2S/c1-11(2)8-9-12(3)17-14-6-5-7-15(18-4)13(14)10-16/h5-7,11-12,17H,8-9H2,1-4H3. The predicted octanol–water partition coefficient (Wildman–Crippen LogP) is 4.52. The predicted molar refractivity (Wildman–Crippen MR) is 80.1 cm³/mol. The van der Waals surface area contributed by atoms with E-state index >= 15 is 0 Å². The van der Waals surface area contributed by atoms with Crippen LogP contribution in [0.4, 0.5) is 5.69 Å². The van der Waals surface area contributed by atoms with E-state index < -0.39 is 0 Å². The molecule has 0 spiro atoms. The molecular formula is C15H22N2S. The lowest BCUT2D eigenvalue weighted by Crippen LogP contribution is -2.16. The molecule has 0 radical (unpaired) electrons. The summed E-state index contributed by atoms with van der Waals surface area (Å²) in [4.78, 5) is 1.04. The molecule has 3 heteroatoms. The summed E-state index contributed by atoms with van der Waals surface area (Å²) < 4.78 is 0. The molecule has 0 aliphatic carbocycles. The normalized spacial score (nSPS) is 12.2. The lowest BCUT2D eigenvalue weighted by molar-refractivity contribution is 0.527. The van der Waals surface area contributed by atoms with Gasteiger partial charge in [-0.3, -0.25) is 0 Å². The molecule has 1 atom stereocenters. The second kappa shape index (κ2) is 7.33. The van der Waals surface area contributed by atoms with Gasteiger partial charge in [0.1, 0.15) is 6.07 Å². The molecule has 0 bridgehead atoms. The molecule has 18 heavy (non-hydrogen) atoms. The van der Waals surface area contributed by atoms with Crippen molar-refractivity contribution in [2.24, 2.45) is 5.92 Å². The summed E-state index contributed by atoms with van der Waals surface area (Å²) in [5, 5.41) is 12.7. The molecule has 0 saturated heterocycles. The van der Waals surface area contributed by atoms with E-state index in [0.717, 1.165) is 28.5 Å². The Morgan fingerprint density at radius 2 is 2.00 bits per heavy atom. The third-order valence-electron chi connectivity index (χ3n) is 2.94. The largest absolute Gasteiger partial charge is 0.381 e. The molecule has 0 fully saturated rings. The van der Waals surface area contributed by atoms with Gasteiger partial charge >= 0.3 is 0 Å². The average molecular weight is 262 g/mol. The fraction of sp³-hybridized carbons (Fsp3) is 0.533. The summed E-state index contributed by atoms with van der Waals surface area (Å²) >= 11 is 1.62. The van der Waals surface area contributed by atoms with Crippen LogP contribution in [0.25, 0.3) is 0 Å². The fourth-order valence-corrected chi connectivity index (χ4v) is 2.43. The molecule has 1 N–H and O–H groups in total. The highest BCUT2D eigenvalue weighted by Gasteiger charge is 2.10. The summed E-state index contributed by atoms with van der Waals surface area (Å²) in [6.07, 6.45) is 4.34. The molecule has 1 unspecified atom stereocenters. The van der Waals surface area contributed by atoms with Gasteiger partial charge in [0.25, 0.3) is 0 Å². The Hall–Kier alpha value is -1.14. The second-order valence-electron chi connectivity index (χ2n) is 5.01. The van der Waals surface area contributed by atoms with Gasteiger partial charge in [-0.1, -0.05) is 19.9 Å². The number of nitriles is 1. The van der Waals surface area contributed by atoms with Crippen LogP contribution < -0.4 is 5.32 Å². The maximum absolute atomic E-state index is 9.26. The van der Waals surface area contributed by atoms with E-state index in [4.69, 9.17) is 0 Å². The first kappa shape index (κ1) is 14.9. The van der Waals surface area contributed by atoms with Gasteiger partial charge in [0.15, 0.2) is 0 Å². The van der Waals surface area contributed by atoms with Gasteiger partial charge < -0.3 is 5.32 Å². The van der Waals surface area contributed by atoms with Gasteiger partial charge in [0.05, 0.1) is 11.3 Å². The van der Waals surface area contributed by atoms with E-state index in [0.29, 0.717) is 6.04 Å². The van der Waals surface area contributed by atoms with Gasteiger partial charge in [-0.25, -0.2) is 0 Å². The van der Waals surface area contributed by atoms with Crippen LogP contribution in [0.1, 0.15) is 39.2 Å². The zero-order valence-corrected chi connectivity index (χ0v) is 12.5. The van der Waals surface area contributed by atoms with E-state index in [2.05, 4.69) is 32.2 Å². The Kier molecular flexibility index (Phi) is 6.07. The minimum Gasteiger partial charge on any atom is -0.381 e. The number of thioether (sulfide) groups is 1. The monoisotopic (exact) mass is 262 g/mol. The van der Waals surface area contributed by atoms with E-state index in [-0.39, 0.29) is 0 Å². The molecule has 0 aliphatic rings. The van der Waals surface area contributed by atoms with Gasteiger partial charge in [0, 0.05) is 10.9 Å². The van der Waals surface area contributed by atoms with Crippen LogP contribution in [-0.2, 0) is 0 Å². The molecule has 1 rings (SSSR count). The van der Waals surface area contributed by atoms with Gasteiger partial charge in [-0.05, 0) is 44.1 Å². The Labute approximate surface area is 115 Å². The highest BCUT2D eigenvalue weighted by molar-refractivity contribution is 7.98. The van der Waals surface area contributed by atoms with Crippen molar-refractivity contribution in [3.05, 3.63) is 23.8 Å². The topological polar surface area (TPSA) is 35.8 Å². The van der Waals surface area contributed by atoms with E-state index in [1.807, 2.05) is 24.5 Å². The van der Waals surface area contributed by atoms with Crippen molar-refractivity contribution in [1.82, 2.24) is 0 Å². The number of rotatable bonds is 6. The van der Waals surface area contributed by atoms with Crippen LogP contribution in [0.5, 0.6) is 0 Å². The van der Waals surface area contributed by atoms with Crippen LogP contribution >= 0.6 is 11.8 Å². The van der Waals surface area contributed by atoms with Crippen molar-refractivity contribution in [3.8, 4) is 6.07 Å². The summed E-state index contributed by atoms with van der Waals surface area (Å²) in [5.41, 5.74) is 1.72. The molecule has 0 amide bonds. The number of nitrogens with one attached hydrogen (secondary N) is 1. The van der Waals surface area contributed by atoms with Crippen LogP contribution in [0, 0.1) is 17.2 Å². The van der Waals surface area contributed by atoms with Crippen molar-refractivity contribution in [2.75, 3.05) is 11.6 Å². The maximum Gasteiger partial charge on any atom is 0.102 e. The van der Waals surface area contributed by atoms with Crippen LogP contribution in [0.3, 0.4) is 0 Å². The molecule has 0 aromatic heterocycles. The first-order chi connectivity index (χ1) is 8.58. The van der Waals surface area contributed by atoms with Crippen molar-refractivity contribution in [3.63, 3.8) is 0 Å². The first-order valence-electron chi connectivity index (χ1n) is 6.42. The minimum absolute atomic E-state index is 0.400. The fourth-order valence-electron chi connectivity index (χ4n) is 1.86. The molecule has 1 aromatic rings. The third-order valence-corrected chi connectivity index (χ3v) is 3.72. The molecule has 98 valence electrons. The molecule has 0 saturated carbocycles. The quantitative estimate of drug-likeness (QED) is 0.766. The van der Waals surface area contributed by atoms with Gasteiger partial charge in [-0.15, -0.1) is 11.8 Å². The highest BCUT2D eigenvalue weighted by atomic mass is 32.2. The summed E-state index contributed by atoms with van der Waals surface area (Å²) in [6.45, 7) is 6.65. The van der Waals surface area contributed by atoms with Crippen LogP contribution in [-0.4, -0.2) is 12.3 Å². The number of benzene rings is 1. The Balaban J connectivity index is 2.75. The number of hydrogen-bond acceptors (Lipinski definition) is 3. The number of nitrogens with zero attached hydrogens (tertiary/aromatic N) is 1. The summed E-state index contributed by atoms with van der Waals surface area (Å²) in [6, 6.07) is 8.69. The smallest absolute Gasteiger partial charge is 0.102 e. The third kappa shape index (κ3) is 4.27. The van der Waals surface area contributed by atoms with Gasteiger partial charge in [-0.2, -0.15) is 5.26 Å².